The fourth-order valence-corrected chi connectivity index (χ4v) is 3.30. The van der Waals surface area contributed by atoms with E-state index >= 15 is 0 Å². The number of carbonyl (C=O) groups is 3. The number of rotatable bonds is 8. The lowest BCUT2D eigenvalue weighted by Gasteiger charge is -2.23. The smallest absolute Gasteiger partial charge is 0.315 e. The van der Waals surface area contributed by atoms with Gasteiger partial charge in [0.25, 0.3) is 0 Å². The van der Waals surface area contributed by atoms with Crippen molar-refractivity contribution in [2.75, 3.05) is 13.6 Å². The minimum Gasteiger partial charge on any atom is -0.366 e. The van der Waals surface area contributed by atoms with Gasteiger partial charge in [-0.1, -0.05) is 31.4 Å². The second-order valence-corrected chi connectivity index (χ2v) is 7.15. The quantitative estimate of drug-likeness (QED) is 0.607. The molecule has 2 rings (SSSR count). The fraction of sp³-hybridized carbons (Fsp3) is 0.550. The Bertz CT molecular complexity index is 656. The first-order valence-electron chi connectivity index (χ1n) is 9.63. The summed E-state index contributed by atoms with van der Waals surface area (Å²) in [5.41, 5.74) is 6.56. The maximum absolute atomic E-state index is 12.2. The summed E-state index contributed by atoms with van der Waals surface area (Å²) in [4.78, 5) is 36.9. The predicted molar refractivity (Wildman–Crippen MR) is 104 cm³/mol. The molecular formula is C20H30N4O3. The second-order valence-electron chi connectivity index (χ2n) is 7.15. The van der Waals surface area contributed by atoms with Gasteiger partial charge in [0, 0.05) is 38.2 Å². The van der Waals surface area contributed by atoms with Crippen LogP contribution in [0.2, 0.25) is 0 Å². The van der Waals surface area contributed by atoms with Crippen molar-refractivity contribution in [3.63, 3.8) is 0 Å². The number of nitrogens with one attached hydrogen (secondary N) is 2. The van der Waals surface area contributed by atoms with E-state index in [1.165, 1.54) is 19.3 Å². The molecule has 7 heteroatoms. The van der Waals surface area contributed by atoms with Gasteiger partial charge in [-0.2, -0.15) is 0 Å². The molecule has 1 aliphatic rings. The van der Waals surface area contributed by atoms with E-state index in [4.69, 9.17) is 5.73 Å². The Balaban J connectivity index is 1.65. The third kappa shape index (κ3) is 7.29. The fourth-order valence-electron chi connectivity index (χ4n) is 3.30. The molecule has 0 saturated heterocycles. The summed E-state index contributed by atoms with van der Waals surface area (Å²) >= 11 is 0. The molecule has 0 spiro atoms. The second kappa shape index (κ2) is 10.5. The minimum atomic E-state index is -0.483. The molecule has 0 bridgehead atoms. The highest BCUT2D eigenvalue weighted by Gasteiger charge is 2.15. The maximum atomic E-state index is 12.2. The molecule has 1 saturated carbocycles. The van der Waals surface area contributed by atoms with Crippen molar-refractivity contribution < 1.29 is 14.4 Å². The Morgan fingerprint density at radius 1 is 1.19 bits per heavy atom. The van der Waals surface area contributed by atoms with Gasteiger partial charge in [-0.15, -0.1) is 0 Å². The molecule has 0 unspecified atom stereocenters. The molecule has 0 heterocycles. The summed E-state index contributed by atoms with van der Waals surface area (Å²) in [7, 11) is 1.72. The lowest BCUT2D eigenvalue weighted by Crippen LogP contribution is -2.43. The van der Waals surface area contributed by atoms with Crippen LogP contribution in [0.3, 0.4) is 0 Å². The van der Waals surface area contributed by atoms with Crippen LogP contribution in [0.25, 0.3) is 0 Å². The van der Waals surface area contributed by atoms with Crippen molar-refractivity contribution in [1.29, 1.82) is 0 Å². The summed E-state index contributed by atoms with van der Waals surface area (Å²) in [6.45, 7) is 0.880. The van der Waals surface area contributed by atoms with Gasteiger partial charge in [0.1, 0.15) is 0 Å². The summed E-state index contributed by atoms with van der Waals surface area (Å²) in [5, 5.41) is 5.82. The highest BCUT2D eigenvalue weighted by Crippen LogP contribution is 2.17. The van der Waals surface area contributed by atoms with E-state index in [0.29, 0.717) is 31.5 Å². The number of hydrogen-bond acceptors (Lipinski definition) is 3. The molecular weight excluding hydrogens is 344 g/mol. The van der Waals surface area contributed by atoms with E-state index in [2.05, 4.69) is 10.6 Å². The van der Waals surface area contributed by atoms with Gasteiger partial charge in [0.05, 0.1) is 0 Å². The summed E-state index contributed by atoms with van der Waals surface area (Å²) in [6.07, 6.45) is 6.64. The van der Waals surface area contributed by atoms with E-state index in [0.717, 1.165) is 18.4 Å². The molecule has 4 N–H and O–H groups in total. The Morgan fingerprint density at radius 3 is 2.63 bits per heavy atom. The molecule has 0 atom stereocenters. The number of amides is 4. The zero-order valence-electron chi connectivity index (χ0n) is 16.0. The standard InChI is InChI=1S/C20H30N4O3/c1-24(14-15-7-5-8-16(13-15)19(21)26)18(25)11-6-12-22-20(27)23-17-9-3-2-4-10-17/h5,7-8,13,17H,2-4,6,9-12,14H2,1H3,(H2,21,26)(H2,22,23,27). The monoisotopic (exact) mass is 374 g/mol. The topological polar surface area (TPSA) is 105 Å². The van der Waals surface area contributed by atoms with Crippen molar-refractivity contribution in [3.8, 4) is 0 Å². The predicted octanol–water partition coefficient (Wildman–Crippen LogP) is 2.16. The van der Waals surface area contributed by atoms with Crippen LogP contribution in [0.1, 0.15) is 60.9 Å². The first kappa shape index (κ1) is 20.7. The van der Waals surface area contributed by atoms with E-state index in [1.807, 2.05) is 6.07 Å². The van der Waals surface area contributed by atoms with Gasteiger partial charge in [-0.3, -0.25) is 9.59 Å². The van der Waals surface area contributed by atoms with Gasteiger partial charge in [-0.25, -0.2) is 4.79 Å². The Hall–Kier alpha value is -2.57. The van der Waals surface area contributed by atoms with Crippen molar-refractivity contribution >= 4 is 17.8 Å². The number of carbonyl (C=O) groups excluding carboxylic acids is 3. The Kier molecular flexibility index (Phi) is 8.10. The van der Waals surface area contributed by atoms with Gasteiger partial charge < -0.3 is 21.3 Å². The molecule has 1 aliphatic carbocycles. The Morgan fingerprint density at radius 2 is 1.93 bits per heavy atom. The largest absolute Gasteiger partial charge is 0.366 e. The highest BCUT2D eigenvalue weighted by atomic mass is 16.2. The van der Waals surface area contributed by atoms with Crippen LogP contribution >= 0.6 is 0 Å². The zero-order valence-corrected chi connectivity index (χ0v) is 16.0. The van der Waals surface area contributed by atoms with Crippen LogP contribution in [0.15, 0.2) is 24.3 Å². The summed E-state index contributed by atoms with van der Waals surface area (Å²) < 4.78 is 0. The molecule has 4 amide bonds. The van der Waals surface area contributed by atoms with Gasteiger partial charge in [0.2, 0.25) is 11.8 Å². The van der Waals surface area contributed by atoms with Crippen molar-refractivity contribution in [1.82, 2.24) is 15.5 Å². The molecule has 27 heavy (non-hydrogen) atoms. The van der Waals surface area contributed by atoms with Crippen LogP contribution in [-0.4, -0.2) is 42.4 Å². The number of urea groups is 1. The first-order chi connectivity index (χ1) is 13.0. The van der Waals surface area contributed by atoms with Crippen LogP contribution < -0.4 is 16.4 Å². The highest BCUT2D eigenvalue weighted by molar-refractivity contribution is 5.92. The SMILES string of the molecule is CN(Cc1cccc(C(N)=O)c1)C(=O)CCCNC(=O)NC1CCCCC1. The van der Waals surface area contributed by atoms with Gasteiger partial charge in [-0.05, 0) is 37.0 Å². The first-order valence-corrected chi connectivity index (χ1v) is 9.63. The zero-order chi connectivity index (χ0) is 19.6. The molecule has 7 nitrogen and oxygen atoms in total. The number of primary amides is 1. The molecule has 1 aromatic carbocycles. The van der Waals surface area contributed by atoms with Crippen molar-refractivity contribution in [2.24, 2.45) is 5.73 Å². The summed E-state index contributed by atoms with van der Waals surface area (Å²) in [6, 6.07) is 7.09. The van der Waals surface area contributed by atoms with Crippen molar-refractivity contribution in [2.45, 2.75) is 57.5 Å². The normalized spacial score (nSPS) is 14.4. The van der Waals surface area contributed by atoms with Gasteiger partial charge >= 0.3 is 6.03 Å². The third-order valence-corrected chi connectivity index (χ3v) is 4.85. The van der Waals surface area contributed by atoms with Crippen LogP contribution in [0, 0.1) is 0 Å². The Labute approximate surface area is 160 Å². The lowest BCUT2D eigenvalue weighted by atomic mass is 9.96. The van der Waals surface area contributed by atoms with Crippen LogP contribution in [0.4, 0.5) is 4.79 Å². The number of hydrogen-bond donors (Lipinski definition) is 3. The number of benzene rings is 1. The van der Waals surface area contributed by atoms with E-state index < -0.39 is 5.91 Å². The van der Waals surface area contributed by atoms with Crippen LogP contribution in [0.5, 0.6) is 0 Å². The minimum absolute atomic E-state index is 0.00559. The van der Waals surface area contributed by atoms with Crippen LogP contribution in [-0.2, 0) is 11.3 Å². The van der Waals surface area contributed by atoms with Gasteiger partial charge in [0.15, 0.2) is 0 Å². The van der Waals surface area contributed by atoms with E-state index in [9.17, 15) is 14.4 Å². The number of nitrogens with zero attached hydrogens (tertiary/aromatic N) is 1. The van der Waals surface area contributed by atoms with Crippen molar-refractivity contribution in [3.05, 3.63) is 35.4 Å². The molecule has 0 aromatic heterocycles. The molecule has 0 aliphatic heterocycles. The molecule has 148 valence electrons. The van der Waals surface area contributed by atoms with E-state index in [-0.39, 0.29) is 18.0 Å². The molecule has 1 aromatic rings. The third-order valence-electron chi connectivity index (χ3n) is 4.85. The molecule has 1 fully saturated rings. The lowest BCUT2D eigenvalue weighted by molar-refractivity contribution is -0.130. The average molecular weight is 374 g/mol. The number of nitrogens with two attached hydrogens (primary N) is 1. The summed E-state index contributed by atoms with van der Waals surface area (Å²) in [5.74, 6) is -0.489. The molecule has 0 radical (unpaired) electrons. The van der Waals surface area contributed by atoms with E-state index in [1.54, 1.807) is 30.1 Å². The maximum Gasteiger partial charge on any atom is 0.315 e. The average Bonchev–Trinajstić information content (AvgIpc) is 2.66.